The molecule has 0 radical (unpaired) electrons. The largest absolute Gasteiger partial charge is 0.460 e. The molecule has 1 unspecified atom stereocenters. The van der Waals surface area contributed by atoms with Gasteiger partial charge >= 0.3 is 5.97 Å². The Bertz CT molecular complexity index is 546. The lowest BCUT2D eigenvalue weighted by Crippen LogP contribution is -2.53. The molecule has 1 atom stereocenters. The highest BCUT2D eigenvalue weighted by molar-refractivity contribution is 5.97. The van der Waals surface area contributed by atoms with Crippen LogP contribution in [0.5, 0.6) is 0 Å². The average Bonchev–Trinajstić information content (AvgIpc) is 2.75. The number of aromatic nitrogens is 2. The molecule has 1 saturated heterocycles. The quantitative estimate of drug-likeness (QED) is 0.795. The smallest absolute Gasteiger partial charge is 0.343 e. The molecule has 6 heteroatoms. The Labute approximate surface area is 146 Å². The summed E-state index contributed by atoms with van der Waals surface area (Å²) in [6.45, 7) is 16.9. The van der Waals surface area contributed by atoms with Gasteiger partial charge in [-0.15, -0.1) is 0 Å². The maximum absolute atomic E-state index is 12.3. The predicted octanol–water partition coefficient (Wildman–Crippen LogP) is 2.91. The minimum Gasteiger partial charge on any atom is -0.460 e. The van der Waals surface area contributed by atoms with Gasteiger partial charge in [-0.2, -0.15) is 0 Å². The first kappa shape index (κ1) is 20.4. The maximum Gasteiger partial charge on any atom is 0.343 e. The molecule has 136 valence electrons. The van der Waals surface area contributed by atoms with Crippen LogP contribution in [0.3, 0.4) is 0 Å². The Morgan fingerprint density at radius 3 is 2.50 bits per heavy atom. The highest BCUT2D eigenvalue weighted by Gasteiger charge is 2.35. The highest BCUT2D eigenvalue weighted by Crippen LogP contribution is 2.30. The number of hydrogen-bond donors (Lipinski definition) is 1. The van der Waals surface area contributed by atoms with E-state index in [1.807, 2.05) is 48.5 Å². The third kappa shape index (κ3) is 4.23. The van der Waals surface area contributed by atoms with Gasteiger partial charge in [0, 0.05) is 19.6 Å². The molecular weight excluding hydrogens is 304 g/mol. The van der Waals surface area contributed by atoms with Crippen LogP contribution in [0.1, 0.15) is 69.3 Å². The van der Waals surface area contributed by atoms with Crippen molar-refractivity contribution in [3.05, 3.63) is 17.1 Å². The molecule has 1 aromatic rings. The summed E-state index contributed by atoms with van der Waals surface area (Å²) in [7, 11) is 0. The first-order chi connectivity index (χ1) is 11.6. The summed E-state index contributed by atoms with van der Waals surface area (Å²) in [4.78, 5) is 23.5. The molecule has 0 bridgehead atoms. The first-order valence-corrected chi connectivity index (χ1v) is 9.11. The zero-order chi connectivity index (χ0) is 18.3. The van der Waals surface area contributed by atoms with Crippen LogP contribution in [-0.4, -0.2) is 48.2 Å². The lowest BCUT2D eigenvalue weighted by atomic mass is 10.0. The van der Waals surface area contributed by atoms with Crippen molar-refractivity contribution in [1.29, 1.82) is 0 Å². The van der Waals surface area contributed by atoms with Crippen LogP contribution in [0, 0.1) is 6.92 Å². The summed E-state index contributed by atoms with van der Waals surface area (Å²) in [5.41, 5.74) is 1.34. The normalized spacial score (nSPS) is 18.9. The van der Waals surface area contributed by atoms with Gasteiger partial charge in [-0.05, 0) is 12.8 Å². The molecule has 0 amide bonds. The molecule has 1 N–H and O–H groups in total. The fourth-order valence-corrected chi connectivity index (χ4v) is 2.83. The fraction of sp³-hybridized carbons (Fsp3) is 0.722. The molecule has 3 rings (SSSR count). The predicted molar refractivity (Wildman–Crippen MR) is 97.8 cm³/mol. The molecule has 0 spiro atoms. The molecule has 0 saturated carbocycles. The fourth-order valence-electron chi connectivity index (χ4n) is 2.83. The molecule has 0 aromatic carbocycles. The topological polar surface area (TPSA) is 67.3 Å². The Hall–Kier alpha value is -1.69. The van der Waals surface area contributed by atoms with Gasteiger partial charge in [-0.3, -0.25) is 0 Å². The van der Waals surface area contributed by atoms with E-state index in [1.54, 1.807) is 0 Å². The minimum atomic E-state index is -0.293. The van der Waals surface area contributed by atoms with Gasteiger partial charge in [-0.25, -0.2) is 14.8 Å². The van der Waals surface area contributed by atoms with Crippen molar-refractivity contribution in [2.75, 3.05) is 31.1 Å². The summed E-state index contributed by atoms with van der Waals surface area (Å²) in [5.74, 6) is 1.32. The van der Waals surface area contributed by atoms with Gasteiger partial charge in [0.2, 0.25) is 0 Å². The Kier molecular flexibility index (Phi) is 8.11. The molecule has 24 heavy (non-hydrogen) atoms. The number of cyclic esters (lactones) is 1. The van der Waals surface area contributed by atoms with E-state index in [4.69, 9.17) is 4.74 Å². The van der Waals surface area contributed by atoms with E-state index in [0.29, 0.717) is 18.0 Å². The van der Waals surface area contributed by atoms with Crippen molar-refractivity contribution in [2.45, 2.75) is 60.4 Å². The lowest BCUT2D eigenvalue weighted by molar-refractivity contribution is 0.0488. The number of rotatable bonds is 1. The van der Waals surface area contributed by atoms with E-state index in [1.165, 1.54) is 0 Å². The summed E-state index contributed by atoms with van der Waals surface area (Å²) in [6.07, 6.45) is 0. The summed E-state index contributed by atoms with van der Waals surface area (Å²) in [5, 5.41) is 3.33. The van der Waals surface area contributed by atoms with Gasteiger partial charge in [0.15, 0.2) is 0 Å². The van der Waals surface area contributed by atoms with Crippen molar-refractivity contribution in [3.63, 3.8) is 0 Å². The molecule has 0 aliphatic carbocycles. The molecule has 2 aliphatic rings. The Balaban J connectivity index is 0.000000671. The summed E-state index contributed by atoms with van der Waals surface area (Å²) in [6, 6.07) is 0.156. The zero-order valence-corrected chi connectivity index (χ0v) is 16.1. The first-order valence-electron chi connectivity index (χ1n) is 9.11. The van der Waals surface area contributed by atoms with Crippen molar-refractivity contribution < 1.29 is 9.53 Å². The maximum atomic E-state index is 12.3. The van der Waals surface area contributed by atoms with Crippen LogP contribution in [0.2, 0.25) is 0 Å². The van der Waals surface area contributed by atoms with E-state index in [-0.39, 0.29) is 17.9 Å². The van der Waals surface area contributed by atoms with Crippen LogP contribution < -0.4 is 10.2 Å². The zero-order valence-electron chi connectivity index (χ0n) is 16.1. The highest BCUT2D eigenvalue weighted by atomic mass is 16.5. The van der Waals surface area contributed by atoms with Gasteiger partial charge < -0.3 is 15.0 Å². The number of carbonyl (C=O) groups is 1. The molecule has 1 fully saturated rings. The molecule has 1 aromatic heterocycles. The average molecular weight is 336 g/mol. The minimum absolute atomic E-state index is 0.156. The standard InChI is InChI=1S/C14H20N4O2.2C2H6/c1-8(2)12-11-13(17-9(3)16-12)18-5-4-15-6-10(18)7-20-14(11)19;2*1-2/h8,10,15H,4-7H2,1-3H3;2*1-2H3. The van der Waals surface area contributed by atoms with Crippen LogP contribution in [0.15, 0.2) is 0 Å². The summed E-state index contributed by atoms with van der Waals surface area (Å²) < 4.78 is 5.43. The number of carbonyl (C=O) groups excluding carboxylic acids is 1. The number of piperazine rings is 1. The second-order valence-electron chi connectivity index (χ2n) is 5.66. The number of aryl methyl sites for hydroxylation is 1. The van der Waals surface area contributed by atoms with Gasteiger partial charge in [0.05, 0.1) is 11.7 Å². The van der Waals surface area contributed by atoms with E-state index < -0.39 is 0 Å². The lowest BCUT2D eigenvalue weighted by Gasteiger charge is -2.35. The Morgan fingerprint density at radius 2 is 1.88 bits per heavy atom. The van der Waals surface area contributed by atoms with Crippen molar-refractivity contribution in [1.82, 2.24) is 15.3 Å². The van der Waals surface area contributed by atoms with Crippen LogP contribution in [0.25, 0.3) is 0 Å². The number of fused-ring (bicyclic) bond motifs is 3. The van der Waals surface area contributed by atoms with E-state index >= 15 is 0 Å². The van der Waals surface area contributed by atoms with Crippen LogP contribution in [-0.2, 0) is 4.74 Å². The number of hydrogen-bond acceptors (Lipinski definition) is 6. The molecule has 6 nitrogen and oxygen atoms in total. The monoisotopic (exact) mass is 336 g/mol. The number of nitrogens with one attached hydrogen (secondary N) is 1. The number of esters is 1. The third-order valence-corrected chi connectivity index (χ3v) is 3.81. The van der Waals surface area contributed by atoms with Crippen molar-refractivity contribution >= 4 is 11.8 Å². The SMILES string of the molecule is CC.CC.Cc1nc(C(C)C)c2c(n1)N1CCNCC1COC2=O. The van der Waals surface area contributed by atoms with Gasteiger partial charge in [0.25, 0.3) is 0 Å². The van der Waals surface area contributed by atoms with Crippen molar-refractivity contribution in [3.8, 4) is 0 Å². The van der Waals surface area contributed by atoms with Crippen LogP contribution in [0.4, 0.5) is 5.82 Å². The number of ether oxygens (including phenoxy) is 1. The van der Waals surface area contributed by atoms with E-state index in [0.717, 1.165) is 31.1 Å². The Morgan fingerprint density at radius 1 is 1.21 bits per heavy atom. The molecular formula is C18H32N4O2. The van der Waals surface area contributed by atoms with Crippen LogP contribution >= 0.6 is 0 Å². The van der Waals surface area contributed by atoms with E-state index in [9.17, 15) is 4.79 Å². The molecule has 2 aliphatic heterocycles. The van der Waals surface area contributed by atoms with Crippen molar-refractivity contribution in [2.24, 2.45) is 0 Å². The number of nitrogens with zero attached hydrogens (tertiary/aromatic N) is 3. The van der Waals surface area contributed by atoms with Gasteiger partial charge in [0.1, 0.15) is 23.8 Å². The van der Waals surface area contributed by atoms with E-state index in [2.05, 4.69) is 20.2 Å². The second kappa shape index (κ2) is 9.57. The van der Waals surface area contributed by atoms with Gasteiger partial charge in [-0.1, -0.05) is 41.5 Å². The summed E-state index contributed by atoms with van der Waals surface area (Å²) >= 11 is 0. The molecule has 3 heterocycles. The third-order valence-electron chi connectivity index (χ3n) is 3.81. The second-order valence-corrected chi connectivity index (χ2v) is 5.66. The number of anilines is 1.